The van der Waals surface area contributed by atoms with Gasteiger partial charge in [0.15, 0.2) is 0 Å². The van der Waals surface area contributed by atoms with Gasteiger partial charge in [-0.3, -0.25) is 9.59 Å². The van der Waals surface area contributed by atoms with Crippen LogP contribution < -0.4 is 15.4 Å². The quantitative estimate of drug-likeness (QED) is 0.597. The van der Waals surface area contributed by atoms with Crippen LogP contribution in [0, 0.1) is 34.6 Å². The highest BCUT2D eigenvalue weighted by Crippen LogP contribution is 2.22. The number of rotatable bonds is 7. The molecule has 7 nitrogen and oxygen atoms in total. The largest absolute Gasteiger partial charge is 0.489 e. The molecular formula is C24H27N3O4. The van der Waals surface area contributed by atoms with Gasteiger partial charge in [0.05, 0.1) is 17.8 Å². The zero-order valence-electron chi connectivity index (χ0n) is 18.5. The molecule has 0 aliphatic heterocycles. The Morgan fingerprint density at radius 2 is 1.65 bits per heavy atom. The number of hydrogen-bond donors (Lipinski definition) is 2. The molecule has 2 amide bonds. The second-order valence-electron chi connectivity index (χ2n) is 7.62. The lowest BCUT2D eigenvalue weighted by molar-refractivity contribution is -0.115. The molecule has 3 aromatic rings. The van der Waals surface area contributed by atoms with E-state index in [0.717, 1.165) is 39.4 Å². The molecule has 0 spiro atoms. The van der Waals surface area contributed by atoms with Gasteiger partial charge in [-0.05, 0) is 70.0 Å². The minimum atomic E-state index is -0.329. The van der Waals surface area contributed by atoms with Crippen molar-refractivity contribution >= 4 is 17.5 Å². The third-order valence-electron chi connectivity index (χ3n) is 5.03. The Hall–Kier alpha value is -3.61. The zero-order chi connectivity index (χ0) is 22.5. The first-order chi connectivity index (χ1) is 14.7. The molecule has 2 N–H and O–H groups in total. The molecule has 3 rings (SSSR count). The first-order valence-electron chi connectivity index (χ1n) is 10.0. The van der Waals surface area contributed by atoms with Crippen LogP contribution in [0.2, 0.25) is 0 Å². The van der Waals surface area contributed by atoms with Crippen LogP contribution in [0.3, 0.4) is 0 Å². The van der Waals surface area contributed by atoms with Gasteiger partial charge >= 0.3 is 0 Å². The van der Waals surface area contributed by atoms with E-state index in [2.05, 4.69) is 15.8 Å². The van der Waals surface area contributed by atoms with Gasteiger partial charge in [-0.15, -0.1) is 0 Å². The standard InChI is InChI=1S/C24H27N3O4/c1-14-10-15(2)23(16(3)11-14)26-22(28)12-25-24(29)19-6-8-20(9-7-19)30-13-21-17(4)27-31-18(21)5/h6-11H,12-13H2,1-5H3,(H,25,29)(H,26,28). The van der Waals surface area contributed by atoms with Crippen LogP contribution in [0.15, 0.2) is 40.9 Å². The predicted octanol–water partition coefficient (Wildman–Crippen LogP) is 4.16. The highest BCUT2D eigenvalue weighted by molar-refractivity contribution is 5.99. The van der Waals surface area contributed by atoms with Crippen LogP contribution in [-0.4, -0.2) is 23.5 Å². The highest BCUT2D eigenvalue weighted by Gasteiger charge is 2.12. The number of carbonyl (C=O) groups is 2. The van der Waals surface area contributed by atoms with Crippen LogP contribution >= 0.6 is 0 Å². The lowest BCUT2D eigenvalue weighted by Crippen LogP contribution is -2.33. The number of hydrogen-bond acceptors (Lipinski definition) is 5. The third kappa shape index (κ3) is 5.51. The molecule has 1 heterocycles. The first-order valence-corrected chi connectivity index (χ1v) is 10.0. The van der Waals surface area contributed by atoms with E-state index in [-0.39, 0.29) is 18.4 Å². The Kier molecular flexibility index (Phi) is 6.74. The molecule has 0 saturated heterocycles. The van der Waals surface area contributed by atoms with Gasteiger partial charge in [-0.1, -0.05) is 22.9 Å². The van der Waals surface area contributed by atoms with E-state index < -0.39 is 0 Å². The molecule has 2 aromatic carbocycles. The molecule has 0 fully saturated rings. The van der Waals surface area contributed by atoms with Crippen LogP contribution in [0.4, 0.5) is 5.69 Å². The van der Waals surface area contributed by atoms with E-state index in [1.807, 2.05) is 46.8 Å². The zero-order valence-corrected chi connectivity index (χ0v) is 18.5. The molecule has 162 valence electrons. The van der Waals surface area contributed by atoms with Crippen molar-refractivity contribution in [3.63, 3.8) is 0 Å². The second-order valence-corrected chi connectivity index (χ2v) is 7.62. The van der Waals surface area contributed by atoms with Crippen molar-refractivity contribution in [2.45, 2.75) is 41.2 Å². The van der Waals surface area contributed by atoms with E-state index in [1.165, 1.54) is 0 Å². The summed E-state index contributed by atoms with van der Waals surface area (Å²) in [4.78, 5) is 24.7. The Labute approximate surface area is 181 Å². The van der Waals surface area contributed by atoms with Gasteiger partial charge in [-0.25, -0.2) is 0 Å². The Morgan fingerprint density at radius 3 is 2.23 bits per heavy atom. The summed E-state index contributed by atoms with van der Waals surface area (Å²) < 4.78 is 10.9. The van der Waals surface area contributed by atoms with Gasteiger partial charge in [-0.2, -0.15) is 0 Å². The van der Waals surface area contributed by atoms with E-state index in [0.29, 0.717) is 17.9 Å². The maximum atomic E-state index is 12.4. The number of carbonyl (C=O) groups excluding carboxylic acids is 2. The van der Waals surface area contributed by atoms with Crippen molar-refractivity contribution in [1.82, 2.24) is 10.5 Å². The number of anilines is 1. The number of nitrogens with one attached hydrogen (secondary N) is 2. The lowest BCUT2D eigenvalue weighted by atomic mass is 10.1. The summed E-state index contributed by atoms with van der Waals surface area (Å²) in [5, 5.41) is 9.42. The maximum absolute atomic E-state index is 12.4. The normalized spacial score (nSPS) is 10.6. The van der Waals surface area contributed by atoms with Crippen LogP contribution in [-0.2, 0) is 11.4 Å². The molecule has 0 atom stereocenters. The van der Waals surface area contributed by atoms with Gasteiger partial charge in [0.2, 0.25) is 5.91 Å². The number of nitrogens with zero attached hydrogens (tertiary/aromatic N) is 1. The predicted molar refractivity (Wildman–Crippen MR) is 118 cm³/mol. The molecule has 31 heavy (non-hydrogen) atoms. The molecule has 0 bridgehead atoms. The molecule has 0 saturated carbocycles. The Balaban J connectivity index is 1.52. The fourth-order valence-corrected chi connectivity index (χ4v) is 3.39. The molecule has 7 heteroatoms. The first kappa shape index (κ1) is 22.1. The van der Waals surface area contributed by atoms with Crippen LogP contribution in [0.5, 0.6) is 5.75 Å². The molecule has 1 aromatic heterocycles. The van der Waals surface area contributed by atoms with Crippen molar-refractivity contribution in [3.8, 4) is 5.75 Å². The molecule has 0 unspecified atom stereocenters. The number of ether oxygens (including phenoxy) is 1. The van der Waals surface area contributed by atoms with Gasteiger partial charge in [0.1, 0.15) is 18.1 Å². The summed E-state index contributed by atoms with van der Waals surface area (Å²) in [6.07, 6.45) is 0. The van der Waals surface area contributed by atoms with Gasteiger partial charge in [0, 0.05) is 11.3 Å². The summed E-state index contributed by atoms with van der Waals surface area (Å²) in [5.74, 6) is 0.745. The fraction of sp³-hybridized carbons (Fsp3) is 0.292. The van der Waals surface area contributed by atoms with E-state index in [9.17, 15) is 9.59 Å². The van der Waals surface area contributed by atoms with Gasteiger partial charge in [0.25, 0.3) is 5.91 Å². The average molecular weight is 421 g/mol. The number of aromatic nitrogens is 1. The van der Waals surface area contributed by atoms with E-state index in [1.54, 1.807) is 24.3 Å². The second kappa shape index (κ2) is 9.47. The maximum Gasteiger partial charge on any atom is 0.251 e. The van der Waals surface area contributed by atoms with E-state index >= 15 is 0 Å². The van der Waals surface area contributed by atoms with Crippen molar-refractivity contribution in [1.29, 1.82) is 0 Å². The summed E-state index contributed by atoms with van der Waals surface area (Å²) in [6, 6.07) is 10.8. The minimum absolute atomic E-state index is 0.115. The van der Waals surface area contributed by atoms with Crippen LogP contribution in [0.1, 0.15) is 44.1 Å². The monoisotopic (exact) mass is 421 g/mol. The average Bonchev–Trinajstić information content (AvgIpc) is 3.05. The van der Waals surface area contributed by atoms with Crippen molar-refractivity contribution < 1.29 is 18.8 Å². The Bertz CT molecular complexity index is 1060. The van der Waals surface area contributed by atoms with Crippen molar-refractivity contribution in [2.24, 2.45) is 0 Å². The Morgan fingerprint density at radius 1 is 1.00 bits per heavy atom. The SMILES string of the molecule is Cc1cc(C)c(NC(=O)CNC(=O)c2ccc(OCc3c(C)noc3C)cc2)c(C)c1. The third-order valence-corrected chi connectivity index (χ3v) is 5.03. The fourth-order valence-electron chi connectivity index (χ4n) is 3.39. The van der Waals surface area contributed by atoms with Gasteiger partial charge < -0.3 is 19.9 Å². The molecule has 0 radical (unpaired) electrons. The minimum Gasteiger partial charge on any atom is -0.489 e. The number of aryl methyl sites for hydroxylation is 5. The molecule has 0 aliphatic rings. The summed E-state index contributed by atoms with van der Waals surface area (Å²) in [6.45, 7) is 9.83. The summed E-state index contributed by atoms with van der Waals surface area (Å²) in [5.41, 5.74) is 6.05. The molecular weight excluding hydrogens is 394 g/mol. The van der Waals surface area contributed by atoms with Crippen molar-refractivity contribution in [3.05, 3.63) is 75.7 Å². The number of amides is 2. The smallest absolute Gasteiger partial charge is 0.251 e. The highest BCUT2D eigenvalue weighted by atomic mass is 16.5. The number of benzene rings is 2. The molecule has 0 aliphatic carbocycles. The summed E-state index contributed by atoms with van der Waals surface area (Å²) in [7, 11) is 0. The lowest BCUT2D eigenvalue weighted by Gasteiger charge is -2.13. The van der Waals surface area contributed by atoms with Crippen molar-refractivity contribution in [2.75, 3.05) is 11.9 Å². The summed E-state index contributed by atoms with van der Waals surface area (Å²) >= 11 is 0. The van der Waals surface area contributed by atoms with Crippen LogP contribution in [0.25, 0.3) is 0 Å². The topological polar surface area (TPSA) is 93.5 Å². The van der Waals surface area contributed by atoms with E-state index in [4.69, 9.17) is 9.26 Å².